The molecule has 0 bridgehead atoms. The molecule has 0 heterocycles. The van der Waals surface area contributed by atoms with Crippen molar-refractivity contribution in [1.82, 2.24) is 0 Å². The van der Waals surface area contributed by atoms with Crippen LogP contribution in [0.1, 0.15) is 0 Å². The van der Waals surface area contributed by atoms with E-state index in [2.05, 4.69) is 10.6 Å². The summed E-state index contributed by atoms with van der Waals surface area (Å²) in [6.45, 7) is -0.0757. The van der Waals surface area contributed by atoms with E-state index in [9.17, 15) is 4.79 Å². The van der Waals surface area contributed by atoms with Crippen LogP contribution in [0.5, 0.6) is 5.75 Å². The lowest BCUT2D eigenvalue weighted by atomic mass is 10.2. The van der Waals surface area contributed by atoms with E-state index in [0.717, 1.165) is 0 Å². The number of nitrogens with one attached hydrogen (secondary N) is 2. The van der Waals surface area contributed by atoms with Gasteiger partial charge in [0.05, 0.1) is 12.8 Å². The summed E-state index contributed by atoms with van der Waals surface area (Å²) in [5.41, 5.74) is 0.982. The van der Waals surface area contributed by atoms with Gasteiger partial charge in [-0.1, -0.05) is 0 Å². The molecule has 0 aliphatic rings. The minimum absolute atomic E-state index is 0.0595. The van der Waals surface area contributed by atoms with Crippen molar-refractivity contribution in [2.45, 2.75) is 0 Å². The van der Waals surface area contributed by atoms with Crippen LogP contribution in [-0.2, 0) is 9.53 Å². The van der Waals surface area contributed by atoms with Gasteiger partial charge >= 0.3 is 0 Å². The molecule has 0 saturated heterocycles. The monoisotopic (exact) mass is 286 g/mol. The van der Waals surface area contributed by atoms with Gasteiger partial charge in [-0.25, -0.2) is 0 Å². The predicted octanol–water partition coefficient (Wildman–Crippen LogP) is 1.62. The number of allylic oxidation sites excluding steroid dienone is 1. The number of nitriles is 2. The Morgan fingerprint density at radius 3 is 2.62 bits per heavy atom. The minimum Gasteiger partial charge on any atom is -0.495 e. The van der Waals surface area contributed by atoms with E-state index in [-0.39, 0.29) is 18.1 Å². The summed E-state index contributed by atoms with van der Waals surface area (Å²) in [6.07, 6.45) is 1.28. The Hall–Kier alpha value is -3.03. The van der Waals surface area contributed by atoms with Gasteiger partial charge in [-0.05, 0) is 18.2 Å². The molecule has 1 amide bonds. The molecule has 0 saturated carbocycles. The molecule has 1 aromatic carbocycles. The van der Waals surface area contributed by atoms with E-state index in [1.54, 1.807) is 30.3 Å². The number of benzene rings is 1. The van der Waals surface area contributed by atoms with Gasteiger partial charge in [0.2, 0.25) is 5.91 Å². The second-order valence-corrected chi connectivity index (χ2v) is 3.82. The number of anilines is 2. The molecule has 0 aromatic heterocycles. The maximum absolute atomic E-state index is 11.5. The Bertz CT molecular complexity index is 610. The minimum atomic E-state index is -0.321. The van der Waals surface area contributed by atoms with Crippen molar-refractivity contribution in [2.24, 2.45) is 0 Å². The Morgan fingerprint density at radius 2 is 2.05 bits per heavy atom. The normalized spacial score (nSPS) is 8.95. The number of carbonyl (C=O) groups is 1. The number of rotatable bonds is 6. The molecule has 1 rings (SSSR count). The van der Waals surface area contributed by atoms with Crippen LogP contribution in [-0.4, -0.2) is 26.7 Å². The van der Waals surface area contributed by atoms with Crippen LogP contribution in [0.25, 0.3) is 0 Å². The van der Waals surface area contributed by atoms with Gasteiger partial charge in [0.1, 0.15) is 30.1 Å². The lowest BCUT2D eigenvalue weighted by Crippen LogP contribution is -2.17. The van der Waals surface area contributed by atoms with Crippen LogP contribution in [0.2, 0.25) is 0 Å². The third kappa shape index (κ3) is 4.86. The second-order valence-electron chi connectivity index (χ2n) is 3.82. The summed E-state index contributed by atoms with van der Waals surface area (Å²) in [5, 5.41) is 22.7. The van der Waals surface area contributed by atoms with Crippen LogP contribution in [0.15, 0.2) is 30.0 Å². The van der Waals surface area contributed by atoms with Gasteiger partial charge in [-0.2, -0.15) is 10.5 Å². The molecule has 7 nitrogen and oxygen atoms in total. The quantitative estimate of drug-likeness (QED) is 0.769. The molecular formula is C14H14N4O3. The van der Waals surface area contributed by atoms with Gasteiger partial charge in [-0.15, -0.1) is 0 Å². The van der Waals surface area contributed by atoms with E-state index in [1.165, 1.54) is 20.4 Å². The van der Waals surface area contributed by atoms with Crippen LogP contribution in [0.4, 0.5) is 11.4 Å². The summed E-state index contributed by atoms with van der Waals surface area (Å²) in [5.74, 6) is 0.160. The SMILES string of the molecule is COCC(=O)Nc1cc(NC=C(C#N)C#N)ccc1OC. The Morgan fingerprint density at radius 1 is 1.33 bits per heavy atom. The average Bonchev–Trinajstić information content (AvgIpc) is 2.48. The van der Waals surface area contributed by atoms with E-state index in [4.69, 9.17) is 20.0 Å². The molecule has 1 aromatic rings. The number of nitrogens with zero attached hydrogens (tertiary/aromatic N) is 2. The van der Waals surface area contributed by atoms with Crippen LogP contribution in [0.3, 0.4) is 0 Å². The zero-order valence-corrected chi connectivity index (χ0v) is 11.6. The number of carbonyl (C=O) groups excluding carboxylic acids is 1. The van der Waals surface area contributed by atoms with Gasteiger partial charge in [0, 0.05) is 19.0 Å². The largest absolute Gasteiger partial charge is 0.495 e. The first-order valence-corrected chi connectivity index (χ1v) is 5.88. The first-order chi connectivity index (χ1) is 10.1. The summed E-state index contributed by atoms with van der Waals surface area (Å²) >= 11 is 0. The molecule has 0 unspecified atom stereocenters. The topological polar surface area (TPSA) is 107 Å². The number of ether oxygens (including phenoxy) is 2. The van der Waals surface area contributed by atoms with Crippen LogP contribution >= 0.6 is 0 Å². The molecule has 21 heavy (non-hydrogen) atoms. The summed E-state index contributed by atoms with van der Waals surface area (Å²) < 4.78 is 9.88. The fraction of sp³-hybridized carbons (Fsp3) is 0.214. The molecule has 7 heteroatoms. The number of amides is 1. The molecule has 0 aliphatic carbocycles. The zero-order valence-electron chi connectivity index (χ0n) is 11.6. The first-order valence-electron chi connectivity index (χ1n) is 5.88. The van der Waals surface area contributed by atoms with Crippen molar-refractivity contribution < 1.29 is 14.3 Å². The lowest BCUT2D eigenvalue weighted by Gasteiger charge is -2.11. The van der Waals surface area contributed by atoms with Gasteiger partial charge in [0.25, 0.3) is 0 Å². The smallest absolute Gasteiger partial charge is 0.250 e. The maximum atomic E-state index is 11.5. The maximum Gasteiger partial charge on any atom is 0.250 e. The van der Waals surface area contributed by atoms with E-state index < -0.39 is 0 Å². The molecular weight excluding hydrogens is 272 g/mol. The number of hydrogen-bond donors (Lipinski definition) is 2. The van der Waals surface area contributed by atoms with Crippen molar-refractivity contribution in [2.75, 3.05) is 31.5 Å². The summed E-state index contributed by atoms with van der Waals surface area (Å²) in [6, 6.07) is 8.43. The van der Waals surface area contributed by atoms with Crippen LogP contribution in [0, 0.1) is 22.7 Å². The second kappa shape index (κ2) is 8.20. The third-order valence-electron chi connectivity index (χ3n) is 2.37. The van der Waals surface area contributed by atoms with Gasteiger partial charge in [-0.3, -0.25) is 4.79 Å². The Balaban J connectivity index is 2.95. The van der Waals surface area contributed by atoms with Crippen molar-refractivity contribution in [1.29, 1.82) is 10.5 Å². The fourth-order valence-corrected chi connectivity index (χ4v) is 1.46. The highest BCUT2D eigenvalue weighted by molar-refractivity contribution is 5.93. The van der Waals surface area contributed by atoms with Crippen molar-refractivity contribution in [3.8, 4) is 17.9 Å². The zero-order chi connectivity index (χ0) is 15.7. The third-order valence-corrected chi connectivity index (χ3v) is 2.37. The number of methoxy groups -OCH3 is 2. The van der Waals surface area contributed by atoms with Crippen molar-refractivity contribution in [3.63, 3.8) is 0 Å². The lowest BCUT2D eigenvalue weighted by molar-refractivity contribution is -0.119. The Labute approximate surface area is 122 Å². The first kappa shape index (κ1) is 16.0. The predicted molar refractivity (Wildman–Crippen MR) is 76.4 cm³/mol. The molecule has 0 fully saturated rings. The molecule has 0 radical (unpaired) electrons. The van der Waals surface area contributed by atoms with Gasteiger partial charge < -0.3 is 20.1 Å². The van der Waals surface area contributed by atoms with Crippen molar-refractivity contribution >= 4 is 17.3 Å². The Kier molecular flexibility index (Phi) is 6.26. The highest BCUT2D eigenvalue weighted by Gasteiger charge is 2.08. The molecule has 0 spiro atoms. The van der Waals surface area contributed by atoms with E-state index in [0.29, 0.717) is 17.1 Å². The average molecular weight is 286 g/mol. The van der Waals surface area contributed by atoms with Crippen LogP contribution < -0.4 is 15.4 Å². The highest BCUT2D eigenvalue weighted by Crippen LogP contribution is 2.27. The summed E-state index contributed by atoms with van der Waals surface area (Å²) in [7, 11) is 2.91. The van der Waals surface area contributed by atoms with E-state index >= 15 is 0 Å². The summed E-state index contributed by atoms with van der Waals surface area (Å²) in [4.78, 5) is 11.5. The number of hydrogen-bond acceptors (Lipinski definition) is 6. The van der Waals surface area contributed by atoms with Crippen molar-refractivity contribution in [3.05, 3.63) is 30.0 Å². The molecule has 108 valence electrons. The van der Waals surface area contributed by atoms with Gasteiger partial charge in [0.15, 0.2) is 0 Å². The standard InChI is InChI=1S/C14H14N4O3/c1-20-9-14(19)18-12-5-11(3-4-13(12)21-2)17-8-10(6-15)7-16/h3-5,8,17H,9H2,1-2H3,(H,18,19). The molecule has 0 aliphatic heterocycles. The highest BCUT2D eigenvalue weighted by atomic mass is 16.5. The molecule has 0 atom stereocenters. The molecule has 2 N–H and O–H groups in total. The fourth-order valence-electron chi connectivity index (χ4n) is 1.46. The van der Waals surface area contributed by atoms with E-state index in [1.807, 2.05) is 0 Å².